The van der Waals surface area contributed by atoms with E-state index < -0.39 is 10.0 Å². The number of ether oxygens (including phenoxy) is 1. The Hall–Kier alpha value is -2.42. The Bertz CT molecular complexity index is 983. The second-order valence-corrected chi connectivity index (χ2v) is 10.4. The van der Waals surface area contributed by atoms with Gasteiger partial charge in [-0.1, -0.05) is 31.2 Å². The molecule has 2 aromatic carbocycles. The van der Waals surface area contributed by atoms with Crippen molar-refractivity contribution in [2.45, 2.75) is 51.1 Å². The predicted octanol–water partition coefficient (Wildman–Crippen LogP) is 3.30. The molecule has 0 spiro atoms. The molecule has 7 nitrogen and oxygen atoms in total. The third kappa shape index (κ3) is 8.14. The van der Waals surface area contributed by atoms with Gasteiger partial charge in [-0.2, -0.15) is 0 Å². The molecule has 180 valence electrons. The molecular formula is C25H35N3O4S. The largest absolute Gasteiger partial charge is 0.494 e. The maximum Gasteiger partial charge on any atom is 0.240 e. The van der Waals surface area contributed by atoms with Crippen molar-refractivity contribution in [2.75, 3.05) is 26.2 Å². The van der Waals surface area contributed by atoms with E-state index >= 15 is 0 Å². The van der Waals surface area contributed by atoms with Crippen LogP contribution in [0.1, 0.15) is 44.2 Å². The maximum atomic E-state index is 12.4. The van der Waals surface area contributed by atoms with Gasteiger partial charge in [0.25, 0.3) is 0 Å². The Labute approximate surface area is 197 Å². The molecule has 0 unspecified atom stereocenters. The van der Waals surface area contributed by atoms with Gasteiger partial charge in [-0.15, -0.1) is 0 Å². The number of carbonyl (C=O) groups excluding carboxylic acids is 1. The van der Waals surface area contributed by atoms with Crippen molar-refractivity contribution >= 4 is 15.9 Å². The topological polar surface area (TPSA) is 87.7 Å². The van der Waals surface area contributed by atoms with Gasteiger partial charge in [-0.05, 0) is 74.2 Å². The number of nitrogens with zero attached hydrogens (tertiary/aromatic N) is 1. The molecule has 0 radical (unpaired) electrons. The minimum atomic E-state index is -3.66. The lowest BCUT2D eigenvalue weighted by Gasteiger charge is -2.30. The smallest absolute Gasteiger partial charge is 0.240 e. The quantitative estimate of drug-likeness (QED) is 0.523. The summed E-state index contributed by atoms with van der Waals surface area (Å²) in [6.45, 7) is 8.43. The van der Waals surface area contributed by atoms with E-state index in [1.807, 2.05) is 19.1 Å². The van der Waals surface area contributed by atoms with E-state index in [2.05, 4.69) is 34.0 Å². The molecule has 3 rings (SSSR count). The summed E-state index contributed by atoms with van der Waals surface area (Å²) in [5, 5.41) is 2.85. The van der Waals surface area contributed by atoms with Gasteiger partial charge in [-0.25, -0.2) is 13.1 Å². The maximum absolute atomic E-state index is 12.4. The van der Waals surface area contributed by atoms with Crippen LogP contribution in [0.5, 0.6) is 5.75 Å². The summed E-state index contributed by atoms with van der Waals surface area (Å²) in [7, 11) is -3.66. The van der Waals surface area contributed by atoms with E-state index in [0.717, 1.165) is 31.1 Å². The van der Waals surface area contributed by atoms with E-state index in [4.69, 9.17) is 4.74 Å². The van der Waals surface area contributed by atoms with E-state index in [1.165, 1.54) is 30.5 Å². The average Bonchev–Trinajstić information content (AvgIpc) is 2.81. The zero-order chi connectivity index (χ0) is 23.7. The number of hydrogen-bond donors (Lipinski definition) is 2. The third-order valence-corrected chi connectivity index (χ3v) is 7.36. The number of nitrogens with one attached hydrogen (secondary N) is 2. The van der Waals surface area contributed by atoms with Crippen LogP contribution in [0.4, 0.5) is 0 Å². The van der Waals surface area contributed by atoms with Crippen LogP contribution in [-0.2, 0) is 27.9 Å². The number of benzene rings is 2. The van der Waals surface area contributed by atoms with Crippen molar-refractivity contribution < 1.29 is 17.9 Å². The summed E-state index contributed by atoms with van der Waals surface area (Å²) in [5.74, 6) is 1.25. The summed E-state index contributed by atoms with van der Waals surface area (Å²) in [6, 6.07) is 14.5. The van der Waals surface area contributed by atoms with Gasteiger partial charge < -0.3 is 10.1 Å². The minimum absolute atomic E-state index is 0.0365. The number of sulfonamides is 1. The molecule has 2 N–H and O–H groups in total. The summed E-state index contributed by atoms with van der Waals surface area (Å²) < 4.78 is 32.5. The van der Waals surface area contributed by atoms with Crippen LogP contribution >= 0.6 is 0 Å². The fourth-order valence-electron chi connectivity index (χ4n) is 3.79. The molecule has 1 saturated heterocycles. The van der Waals surface area contributed by atoms with Crippen LogP contribution in [0, 0.1) is 5.92 Å². The van der Waals surface area contributed by atoms with Gasteiger partial charge in [0.15, 0.2) is 0 Å². The Kier molecular flexibility index (Phi) is 9.29. The summed E-state index contributed by atoms with van der Waals surface area (Å²) in [4.78, 5) is 14.8. The number of rotatable bonds is 11. The number of likely N-dealkylation sites (tertiary alicyclic amines) is 1. The number of hydrogen-bond acceptors (Lipinski definition) is 5. The molecule has 8 heteroatoms. The molecule has 1 fully saturated rings. The Morgan fingerprint density at radius 2 is 1.67 bits per heavy atom. The Balaban J connectivity index is 1.37. The highest BCUT2D eigenvalue weighted by Gasteiger charge is 2.16. The molecule has 1 aliphatic rings. The molecule has 33 heavy (non-hydrogen) atoms. The second kappa shape index (κ2) is 12.2. The fraction of sp³-hybridized carbons (Fsp3) is 0.480. The number of amides is 1. The highest BCUT2D eigenvalue weighted by atomic mass is 32.2. The van der Waals surface area contributed by atoms with Crippen LogP contribution in [0.3, 0.4) is 0 Å². The van der Waals surface area contributed by atoms with Gasteiger partial charge in [-0.3, -0.25) is 9.69 Å². The first-order valence-electron chi connectivity index (χ1n) is 11.6. The van der Waals surface area contributed by atoms with E-state index in [0.29, 0.717) is 18.9 Å². The van der Waals surface area contributed by atoms with Crippen molar-refractivity contribution in [3.05, 3.63) is 59.7 Å². The first-order valence-corrected chi connectivity index (χ1v) is 13.1. The molecule has 1 aliphatic heterocycles. The first-order chi connectivity index (χ1) is 15.9. The van der Waals surface area contributed by atoms with Crippen molar-refractivity contribution in [3.8, 4) is 5.75 Å². The predicted molar refractivity (Wildman–Crippen MR) is 129 cm³/mol. The van der Waals surface area contributed by atoms with Gasteiger partial charge in [0.1, 0.15) is 5.75 Å². The molecule has 0 saturated carbocycles. The Morgan fingerprint density at radius 3 is 2.30 bits per heavy atom. The standard InChI is InChI=1S/C25H35N3O4S/c1-3-32-23-8-10-24(11-9-23)33(30,31)27-15-12-25(29)26-18-21-4-6-22(7-5-21)19-28-16-13-20(2)14-17-28/h4-11,20,27H,3,12-19H2,1-2H3,(H,26,29). The molecule has 2 aromatic rings. The SMILES string of the molecule is CCOc1ccc(S(=O)(=O)NCCC(=O)NCc2ccc(CN3CCC(C)CC3)cc2)cc1. The molecule has 0 aliphatic carbocycles. The lowest BCUT2D eigenvalue weighted by atomic mass is 9.99. The molecule has 0 atom stereocenters. The number of carbonyl (C=O) groups is 1. The summed E-state index contributed by atoms with van der Waals surface area (Å²) in [5.41, 5.74) is 2.30. The molecule has 0 aromatic heterocycles. The summed E-state index contributed by atoms with van der Waals surface area (Å²) >= 11 is 0. The minimum Gasteiger partial charge on any atom is -0.494 e. The Morgan fingerprint density at radius 1 is 1.03 bits per heavy atom. The zero-order valence-corrected chi connectivity index (χ0v) is 20.4. The highest BCUT2D eigenvalue weighted by molar-refractivity contribution is 7.89. The van der Waals surface area contributed by atoms with Crippen LogP contribution in [-0.4, -0.2) is 45.5 Å². The molecule has 1 amide bonds. The second-order valence-electron chi connectivity index (χ2n) is 8.60. The van der Waals surface area contributed by atoms with Crippen molar-refractivity contribution in [1.29, 1.82) is 0 Å². The molecule has 1 heterocycles. The summed E-state index contributed by atoms with van der Waals surface area (Å²) in [6.07, 6.45) is 2.60. The van der Waals surface area contributed by atoms with Gasteiger partial charge in [0.2, 0.25) is 15.9 Å². The molecular weight excluding hydrogens is 438 g/mol. The normalized spacial score (nSPS) is 15.3. The van der Waals surface area contributed by atoms with Gasteiger partial charge in [0, 0.05) is 26.1 Å². The van der Waals surface area contributed by atoms with Crippen LogP contribution in [0.25, 0.3) is 0 Å². The first kappa shape index (κ1) is 25.2. The van der Waals surface area contributed by atoms with Crippen LogP contribution in [0.2, 0.25) is 0 Å². The van der Waals surface area contributed by atoms with Gasteiger partial charge >= 0.3 is 0 Å². The van der Waals surface area contributed by atoms with Crippen LogP contribution < -0.4 is 14.8 Å². The lowest BCUT2D eigenvalue weighted by molar-refractivity contribution is -0.121. The van der Waals surface area contributed by atoms with E-state index in [9.17, 15) is 13.2 Å². The number of piperidine rings is 1. The molecule has 0 bridgehead atoms. The van der Waals surface area contributed by atoms with Gasteiger partial charge in [0.05, 0.1) is 11.5 Å². The zero-order valence-electron chi connectivity index (χ0n) is 19.5. The van der Waals surface area contributed by atoms with E-state index in [1.54, 1.807) is 12.1 Å². The average molecular weight is 474 g/mol. The highest BCUT2D eigenvalue weighted by Crippen LogP contribution is 2.18. The lowest BCUT2D eigenvalue weighted by Crippen LogP contribution is -2.32. The third-order valence-electron chi connectivity index (χ3n) is 5.88. The fourth-order valence-corrected chi connectivity index (χ4v) is 4.83. The van der Waals surface area contributed by atoms with Crippen molar-refractivity contribution in [3.63, 3.8) is 0 Å². The van der Waals surface area contributed by atoms with E-state index in [-0.39, 0.29) is 23.8 Å². The van der Waals surface area contributed by atoms with Crippen molar-refractivity contribution in [1.82, 2.24) is 14.9 Å². The van der Waals surface area contributed by atoms with Crippen molar-refractivity contribution in [2.24, 2.45) is 5.92 Å². The van der Waals surface area contributed by atoms with Crippen LogP contribution in [0.15, 0.2) is 53.4 Å². The monoisotopic (exact) mass is 473 g/mol.